The van der Waals surface area contributed by atoms with Crippen LogP contribution in [0.5, 0.6) is 11.5 Å². The molecule has 2 aromatic heterocycles. The molecule has 4 rings (SSSR count). The molecule has 2 aromatic carbocycles. The van der Waals surface area contributed by atoms with Crippen molar-refractivity contribution in [2.45, 2.75) is 6.54 Å². The lowest BCUT2D eigenvalue weighted by molar-refractivity contribution is 0.356. The molecule has 0 fully saturated rings. The molecule has 0 atom stereocenters. The van der Waals surface area contributed by atoms with Gasteiger partial charge in [0, 0.05) is 29.6 Å². The standard InChI is InChI=1S/C20H19N5O2/c1-26-16-9-14-15(10-17(16)27-2)24-20(25-19(14)21)23-11-13-6-3-5-12-7-4-8-22-18(12)13/h3-10H,11H2,1-2H3,(H3,21,23,24,25). The third-order valence-corrected chi connectivity index (χ3v) is 4.38. The van der Waals surface area contributed by atoms with Crippen molar-refractivity contribution in [3.63, 3.8) is 0 Å². The summed E-state index contributed by atoms with van der Waals surface area (Å²) in [4.78, 5) is 13.4. The first-order valence-electron chi connectivity index (χ1n) is 8.45. The maximum absolute atomic E-state index is 6.13. The second-order valence-electron chi connectivity index (χ2n) is 6.00. The fourth-order valence-electron chi connectivity index (χ4n) is 3.04. The number of aromatic nitrogens is 3. The molecule has 27 heavy (non-hydrogen) atoms. The van der Waals surface area contributed by atoms with Gasteiger partial charge < -0.3 is 20.5 Å². The number of fused-ring (bicyclic) bond motifs is 2. The normalized spacial score (nSPS) is 10.9. The highest BCUT2D eigenvalue weighted by atomic mass is 16.5. The second-order valence-corrected chi connectivity index (χ2v) is 6.00. The molecule has 0 aliphatic carbocycles. The van der Waals surface area contributed by atoms with Gasteiger partial charge in [0.2, 0.25) is 5.95 Å². The first kappa shape index (κ1) is 16.8. The summed E-state index contributed by atoms with van der Waals surface area (Å²) in [6.07, 6.45) is 1.79. The zero-order chi connectivity index (χ0) is 18.8. The summed E-state index contributed by atoms with van der Waals surface area (Å²) >= 11 is 0. The van der Waals surface area contributed by atoms with Crippen LogP contribution in [-0.2, 0) is 6.54 Å². The Balaban J connectivity index is 1.67. The summed E-state index contributed by atoms with van der Waals surface area (Å²) < 4.78 is 10.7. The predicted molar refractivity (Wildman–Crippen MR) is 106 cm³/mol. The first-order chi connectivity index (χ1) is 13.2. The Morgan fingerprint density at radius 2 is 1.78 bits per heavy atom. The van der Waals surface area contributed by atoms with E-state index >= 15 is 0 Å². The molecule has 0 saturated heterocycles. The van der Waals surface area contributed by atoms with Crippen molar-refractivity contribution in [1.82, 2.24) is 15.0 Å². The van der Waals surface area contributed by atoms with Gasteiger partial charge in [-0.15, -0.1) is 0 Å². The van der Waals surface area contributed by atoms with Crippen LogP contribution in [0.25, 0.3) is 21.8 Å². The van der Waals surface area contributed by atoms with E-state index in [4.69, 9.17) is 15.2 Å². The zero-order valence-electron chi connectivity index (χ0n) is 15.1. The van der Waals surface area contributed by atoms with Crippen molar-refractivity contribution in [2.75, 3.05) is 25.3 Å². The summed E-state index contributed by atoms with van der Waals surface area (Å²) in [5.74, 6) is 2.00. The Kier molecular flexibility index (Phi) is 4.33. The van der Waals surface area contributed by atoms with Gasteiger partial charge in [-0.05, 0) is 17.7 Å². The molecule has 3 N–H and O–H groups in total. The maximum atomic E-state index is 6.13. The van der Waals surface area contributed by atoms with Gasteiger partial charge in [0.05, 0.1) is 25.3 Å². The van der Waals surface area contributed by atoms with Crippen molar-refractivity contribution >= 4 is 33.6 Å². The molecule has 0 bridgehead atoms. The lowest BCUT2D eigenvalue weighted by atomic mass is 10.1. The molecule has 0 aliphatic heterocycles. The number of anilines is 2. The van der Waals surface area contributed by atoms with Crippen molar-refractivity contribution in [1.29, 1.82) is 0 Å². The van der Waals surface area contributed by atoms with Crippen LogP contribution in [-0.4, -0.2) is 29.2 Å². The molecule has 0 aliphatic rings. The fourth-order valence-corrected chi connectivity index (χ4v) is 3.04. The van der Waals surface area contributed by atoms with E-state index in [2.05, 4.69) is 20.3 Å². The zero-order valence-corrected chi connectivity index (χ0v) is 15.1. The number of pyridine rings is 1. The minimum atomic E-state index is 0.375. The lowest BCUT2D eigenvalue weighted by Crippen LogP contribution is -2.07. The van der Waals surface area contributed by atoms with Crippen LogP contribution in [0.2, 0.25) is 0 Å². The third kappa shape index (κ3) is 3.15. The topological polar surface area (TPSA) is 95.2 Å². The largest absolute Gasteiger partial charge is 0.493 e. The second kappa shape index (κ2) is 6.95. The number of nitrogens with zero attached hydrogens (tertiary/aromatic N) is 3. The van der Waals surface area contributed by atoms with Crippen LogP contribution >= 0.6 is 0 Å². The number of nitrogens with two attached hydrogens (primary N) is 1. The number of methoxy groups -OCH3 is 2. The van der Waals surface area contributed by atoms with E-state index in [1.165, 1.54) is 0 Å². The predicted octanol–water partition coefficient (Wildman–Crippen LogP) is 3.39. The van der Waals surface area contributed by atoms with E-state index in [0.29, 0.717) is 40.7 Å². The van der Waals surface area contributed by atoms with Crippen LogP contribution in [0.3, 0.4) is 0 Å². The molecule has 0 spiro atoms. The van der Waals surface area contributed by atoms with Gasteiger partial charge in [-0.3, -0.25) is 4.98 Å². The summed E-state index contributed by atoms with van der Waals surface area (Å²) in [6, 6.07) is 13.6. The molecule has 0 amide bonds. The van der Waals surface area contributed by atoms with Crippen molar-refractivity contribution < 1.29 is 9.47 Å². The van der Waals surface area contributed by atoms with Gasteiger partial charge in [-0.2, -0.15) is 4.98 Å². The number of rotatable bonds is 5. The van der Waals surface area contributed by atoms with E-state index in [1.54, 1.807) is 32.5 Å². The van der Waals surface area contributed by atoms with E-state index < -0.39 is 0 Å². The molecule has 0 unspecified atom stereocenters. The van der Waals surface area contributed by atoms with Crippen molar-refractivity contribution in [3.05, 3.63) is 54.2 Å². The Labute approximate surface area is 156 Å². The summed E-state index contributed by atoms with van der Waals surface area (Å²) in [5, 5.41) is 5.04. The van der Waals surface area contributed by atoms with Gasteiger partial charge in [0.1, 0.15) is 5.82 Å². The van der Waals surface area contributed by atoms with Crippen LogP contribution in [0.15, 0.2) is 48.7 Å². The van der Waals surface area contributed by atoms with E-state index in [-0.39, 0.29) is 0 Å². The van der Waals surface area contributed by atoms with Crippen LogP contribution in [0, 0.1) is 0 Å². The highest BCUT2D eigenvalue weighted by molar-refractivity contribution is 5.91. The van der Waals surface area contributed by atoms with E-state index in [1.807, 2.05) is 30.3 Å². The van der Waals surface area contributed by atoms with Gasteiger partial charge in [-0.25, -0.2) is 4.98 Å². The van der Waals surface area contributed by atoms with Gasteiger partial charge in [-0.1, -0.05) is 24.3 Å². The summed E-state index contributed by atoms with van der Waals surface area (Å²) in [6.45, 7) is 0.534. The molecule has 4 aromatic rings. The molecular weight excluding hydrogens is 342 g/mol. The van der Waals surface area contributed by atoms with E-state index in [0.717, 1.165) is 16.5 Å². The number of nitrogen functional groups attached to an aromatic ring is 1. The molecule has 2 heterocycles. The maximum Gasteiger partial charge on any atom is 0.225 e. The number of para-hydroxylation sites is 1. The highest BCUT2D eigenvalue weighted by Crippen LogP contribution is 2.33. The number of ether oxygens (including phenoxy) is 2. The molecule has 7 heteroatoms. The Morgan fingerprint density at radius 1 is 1.00 bits per heavy atom. The molecule has 7 nitrogen and oxygen atoms in total. The lowest BCUT2D eigenvalue weighted by Gasteiger charge is -2.12. The Hall–Kier alpha value is -3.61. The van der Waals surface area contributed by atoms with Crippen molar-refractivity contribution in [3.8, 4) is 11.5 Å². The van der Waals surface area contributed by atoms with Crippen LogP contribution in [0.1, 0.15) is 5.56 Å². The first-order valence-corrected chi connectivity index (χ1v) is 8.45. The molecule has 136 valence electrons. The van der Waals surface area contributed by atoms with E-state index in [9.17, 15) is 0 Å². The monoisotopic (exact) mass is 361 g/mol. The van der Waals surface area contributed by atoms with Gasteiger partial charge in [0.25, 0.3) is 0 Å². The molecule has 0 saturated carbocycles. The SMILES string of the molecule is COc1cc2nc(NCc3cccc4cccnc34)nc(N)c2cc1OC. The highest BCUT2D eigenvalue weighted by Gasteiger charge is 2.12. The Morgan fingerprint density at radius 3 is 2.59 bits per heavy atom. The minimum Gasteiger partial charge on any atom is -0.493 e. The average Bonchev–Trinajstić information content (AvgIpc) is 2.71. The molecule has 0 radical (unpaired) electrons. The smallest absolute Gasteiger partial charge is 0.225 e. The van der Waals surface area contributed by atoms with Gasteiger partial charge >= 0.3 is 0 Å². The third-order valence-electron chi connectivity index (χ3n) is 4.38. The summed E-state index contributed by atoms with van der Waals surface area (Å²) in [5.41, 5.74) is 8.82. The number of benzene rings is 2. The Bertz CT molecular complexity index is 1120. The number of hydrogen-bond acceptors (Lipinski definition) is 7. The summed E-state index contributed by atoms with van der Waals surface area (Å²) in [7, 11) is 3.16. The molecular formula is C20H19N5O2. The van der Waals surface area contributed by atoms with Crippen LogP contribution < -0.4 is 20.5 Å². The fraction of sp³-hybridized carbons (Fsp3) is 0.150. The van der Waals surface area contributed by atoms with Crippen LogP contribution in [0.4, 0.5) is 11.8 Å². The quantitative estimate of drug-likeness (QED) is 0.562. The van der Waals surface area contributed by atoms with Crippen molar-refractivity contribution in [2.24, 2.45) is 0 Å². The minimum absolute atomic E-state index is 0.375. The average molecular weight is 361 g/mol. The number of hydrogen-bond donors (Lipinski definition) is 2. The van der Waals surface area contributed by atoms with Gasteiger partial charge in [0.15, 0.2) is 11.5 Å². The number of nitrogens with one attached hydrogen (secondary N) is 1.